The highest BCUT2D eigenvalue weighted by Gasteiger charge is 2.00. The van der Waals surface area contributed by atoms with Crippen molar-refractivity contribution in [1.82, 2.24) is 9.97 Å². The number of halogens is 1. The Labute approximate surface area is 111 Å². The first kappa shape index (κ1) is 13.3. The summed E-state index contributed by atoms with van der Waals surface area (Å²) in [5, 5.41) is 3.07. The molecule has 1 N–H and O–H groups in total. The van der Waals surface area contributed by atoms with Crippen molar-refractivity contribution in [3.8, 4) is 5.88 Å². The minimum atomic E-state index is -0.241. The molecule has 0 bridgehead atoms. The molecule has 5 heteroatoms. The van der Waals surface area contributed by atoms with Gasteiger partial charge in [0.05, 0.1) is 6.61 Å². The summed E-state index contributed by atoms with van der Waals surface area (Å²) in [5.74, 6) is 0.811. The third-order valence-corrected chi connectivity index (χ3v) is 2.45. The van der Waals surface area contributed by atoms with Crippen molar-refractivity contribution in [2.24, 2.45) is 0 Å². The summed E-state index contributed by atoms with van der Waals surface area (Å²) in [7, 11) is 0. The lowest BCUT2D eigenvalue weighted by Crippen LogP contribution is -2.05. The minimum absolute atomic E-state index is 0.241. The van der Waals surface area contributed by atoms with Gasteiger partial charge in [0.1, 0.15) is 5.82 Å². The summed E-state index contributed by atoms with van der Waals surface area (Å²) in [6.07, 6.45) is 2.58. The second-order valence-electron chi connectivity index (χ2n) is 4.05. The van der Waals surface area contributed by atoms with Crippen LogP contribution in [0.25, 0.3) is 0 Å². The highest BCUT2D eigenvalue weighted by atomic mass is 19.1. The number of hydrogen-bond donors (Lipinski definition) is 1. The maximum Gasteiger partial charge on any atom is 0.226 e. The number of ether oxygens (including phenoxy) is 1. The van der Waals surface area contributed by atoms with Gasteiger partial charge in [0, 0.05) is 18.8 Å². The first-order valence-electron chi connectivity index (χ1n) is 6.22. The molecule has 0 saturated carbocycles. The van der Waals surface area contributed by atoms with Gasteiger partial charge in [-0.15, -0.1) is 0 Å². The van der Waals surface area contributed by atoms with Crippen molar-refractivity contribution in [2.45, 2.75) is 19.9 Å². The Hall–Kier alpha value is -2.17. The molecular weight excluding hydrogens is 245 g/mol. The molecule has 0 fully saturated rings. The molecule has 0 spiro atoms. The van der Waals surface area contributed by atoms with Gasteiger partial charge in [0.25, 0.3) is 0 Å². The lowest BCUT2D eigenvalue weighted by molar-refractivity contribution is 0.305. The smallest absolute Gasteiger partial charge is 0.226 e. The summed E-state index contributed by atoms with van der Waals surface area (Å²) in [5.41, 5.74) is 0.963. The average Bonchev–Trinajstić information content (AvgIpc) is 2.45. The molecule has 2 rings (SSSR count). The molecule has 0 atom stereocenters. The second-order valence-corrected chi connectivity index (χ2v) is 4.05. The molecule has 19 heavy (non-hydrogen) atoms. The zero-order valence-corrected chi connectivity index (χ0v) is 10.8. The van der Waals surface area contributed by atoms with Gasteiger partial charge in [-0.25, -0.2) is 9.37 Å². The number of rotatable bonds is 6. The predicted molar refractivity (Wildman–Crippen MR) is 71.5 cm³/mol. The molecule has 2 aromatic rings. The summed E-state index contributed by atoms with van der Waals surface area (Å²) in [4.78, 5) is 8.33. The van der Waals surface area contributed by atoms with Gasteiger partial charge in [0.2, 0.25) is 11.8 Å². The van der Waals surface area contributed by atoms with E-state index in [9.17, 15) is 4.39 Å². The fourth-order valence-electron chi connectivity index (χ4n) is 1.50. The monoisotopic (exact) mass is 261 g/mol. The van der Waals surface area contributed by atoms with Gasteiger partial charge < -0.3 is 10.1 Å². The van der Waals surface area contributed by atoms with Crippen LogP contribution in [0.1, 0.15) is 18.9 Å². The van der Waals surface area contributed by atoms with Gasteiger partial charge in [-0.05, 0) is 24.1 Å². The second kappa shape index (κ2) is 6.68. The molecule has 0 aliphatic carbocycles. The standard InChI is InChI=1S/C14H16FN3O/c1-2-9-19-13-7-8-16-14(18-13)17-10-11-3-5-12(15)6-4-11/h3-8H,2,9-10H2,1H3,(H,16,17,18). The van der Waals surface area contributed by atoms with Crippen LogP contribution < -0.4 is 10.1 Å². The van der Waals surface area contributed by atoms with Crippen LogP contribution in [0.15, 0.2) is 36.5 Å². The molecule has 1 aromatic carbocycles. The average molecular weight is 261 g/mol. The first-order valence-corrected chi connectivity index (χ1v) is 6.22. The van der Waals surface area contributed by atoms with E-state index in [0.717, 1.165) is 12.0 Å². The lowest BCUT2D eigenvalue weighted by atomic mass is 10.2. The maximum absolute atomic E-state index is 12.8. The summed E-state index contributed by atoms with van der Waals surface area (Å²) >= 11 is 0. The van der Waals surface area contributed by atoms with Crippen LogP contribution in [-0.4, -0.2) is 16.6 Å². The third kappa shape index (κ3) is 4.21. The zero-order chi connectivity index (χ0) is 13.5. The van der Waals surface area contributed by atoms with E-state index in [-0.39, 0.29) is 5.82 Å². The normalized spacial score (nSPS) is 10.2. The van der Waals surface area contributed by atoms with E-state index in [0.29, 0.717) is 25.0 Å². The number of nitrogens with zero attached hydrogens (tertiary/aromatic N) is 2. The quantitative estimate of drug-likeness (QED) is 0.868. The molecule has 1 aromatic heterocycles. The van der Waals surface area contributed by atoms with Crippen molar-refractivity contribution in [1.29, 1.82) is 0 Å². The fourth-order valence-corrected chi connectivity index (χ4v) is 1.50. The van der Waals surface area contributed by atoms with E-state index in [4.69, 9.17) is 4.74 Å². The molecule has 100 valence electrons. The van der Waals surface area contributed by atoms with Gasteiger partial charge in [-0.1, -0.05) is 19.1 Å². The molecule has 1 heterocycles. The number of anilines is 1. The van der Waals surface area contributed by atoms with Crippen LogP contribution in [0, 0.1) is 5.82 Å². The van der Waals surface area contributed by atoms with Crippen LogP contribution in [0.4, 0.5) is 10.3 Å². The summed E-state index contributed by atoms with van der Waals surface area (Å²) < 4.78 is 18.2. The van der Waals surface area contributed by atoms with Crippen LogP contribution in [-0.2, 0) is 6.54 Å². The SMILES string of the molecule is CCCOc1ccnc(NCc2ccc(F)cc2)n1. The largest absolute Gasteiger partial charge is 0.478 e. The van der Waals surface area contributed by atoms with Gasteiger partial charge in [-0.2, -0.15) is 4.98 Å². The zero-order valence-electron chi connectivity index (χ0n) is 10.8. The topological polar surface area (TPSA) is 47.0 Å². The van der Waals surface area contributed by atoms with E-state index >= 15 is 0 Å². The van der Waals surface area contributed by atoms with E-state index < -0.39 is 0 Å². The first-order chi connectivity index (χ1) is 9.28. The molecule has 0 radical (unpaired) electrons. The van der Waals surface area contributed by atoms with Crippen molar-refractivity contribution < 1.29 is 9.13 Å². The fraction of sp³-hybridized carbons (Fsp3) is 0.286. The number of aromatic nitrogens is 2. The summed E-state index contributed by atoms with van der Waals surface area (Å²) in [6.45, 7) is 3.21. The van der Waals surface area contributed by atoms with Crippen molar-refractivity contribution in [2.75, 3.05) is 11.9 Å². The molecule has 0 unspecified atom stereocenters. The van der Waals surface area contributed by atoms with Crippen LogP contribution in [0.3, 0.4) is 0 Å². The van der Waals surface area contributed by atoms with E-state index in [1.165, 1.54) is 12.1 Å². The molecule has 0 saturated heterocycles. The number of hydrogen-bond acceptors (Lipinski definition) is 4. The molecular formula is C14H16FN3O. The number of nitrogens with one attached hydrogen (secondary N) is 1. The van der Waals surface area contributed by atoms with Gasteiger partial charge in [-0.3, -0.25) is 0 Å². The molecule has 0 aliphatic rings. The Balaban J connectivity index is 1.93. The van der Waals surface area contributed by atoms with Crippen molar-refractivity contribution in [3.63, 3.8) is 0 Å². The molecule has 4 nitrogen and oxygen atoms in total. The highest BCUT2D eigenvalue weighted by molar-refractivity contribution is 5.29. The Bertz CT molecular complexity index is 516. The number of benzene rings is 1. The van der Waals surface area contributed by atoms with E-state index in [1.54, 1.807) is 24.4 Å². The Morgan fingerprint density at radius 3 is 2.74 bits per heavy atom. The minimum Gasteiger partial charge on any atom is -0.478 e. The summed E-state index contributed by atoms with van der Waals surface area (Å²) in [6, 6.07) is 8.02. The van der Waals surface area contributed by atoms with Crippen molar-refractivity contribution >= 4 is 5.95 Å². The molecule has 0 amide bonds. The third-order valence-electron chi connectivity index (χ3n) is 2.45. The van der Waals surface area contributed by atoms with Gasteiger partial charge in [0.15, 0.2) is 0 Å². The van der Waals surface area contributed by atoms with Crippen LogP contribution >= 0.6 is 0 Å². The van der Waals surface area contributed by atoms with Crippen LogP contribution in [0.2, 0.25) is 0 Å². The molecule has 0 aliphatic heterocycles. The maximum atomic E-state index is 12.8. The Morgan fingerprint density at radius 2 is 2.00 bits per heavy atom. The van der Waals surface area contributed by atoms with Crippen LogP contribution in [0.5, 0.6) is 5.88 Å². The predicted octanol–water partition coefficient (Wildman–Crippen LogP) is 3.02. The van der Waals surface area contributed by atoms with E-state index in [2.05, 4.69) is 15.3 Å². The van der Waals surface area contributed by atoms with Crippen molar-refractivity contribution in [3.05, 3.63) is 47.9 Å². The lowest BCUT2D eigenvalue weighted by Gasteiger charge is -2.07. The van der Waals surface area contributed by atoms with E-state index in [1.807, 2.05) is 6.92 Å². The Morgan fingerprint density at radius 1 is 1.21 bits per heavy atom. The van der Waals surface area contributed by atoms with Gasteiger partial charge >= 0.3 is 0 Å². The highest BCUT2D eigenvalue weighted by Crippen LogP contribution is 2.10. The Kier molecular flexibility index (Phi) is 4.66.